The maximum absolute atomic E-state index is 14.2. The number of nitrogens with zero attached hydrogens (tertiary/aromatic N) is 3. The zero-order chi connectivity index (χ0) is 22.2. The van der Waals surface area contributed by atoms with E-state index in [9.17, 15) is 17.6 Å². The summed E-state index contributed by atoms with van der Waals surface area (Å²) in [6.45, 7) is 0. The monoisotopic (exact) mass is 503 g/mol. The Kier molecular flexibility index (Phi) is 5.59. The number of rotatable bonds is 5. The normalized spacial score (nSPS) is 11.6. The molecule has 0 aliphatic carbocycles. The number of benzene rings is 2. The topological polar surface area (TPSA) is 91.2 Å². The van der Waals surface area contributed by atoms with Crippen molar-refractivity contribution >= 4 is 36.7 Å². The molecule has 7 nitrogen and oxygen atoms in total. The zero-order valence-electron chi connectivity index (χ0n) is 16.1. The molecule has 0 N–H and O–H groups in total. The van der Waals surface area contributed by atoms with Crippen molar-refractivity contribution in [3.05, 3.63) is 87.4 Å². The van der Waals surface area contributed by atoms with E-state index in [4.69, 9.17) is 4.74 Å². The lowest BCUT2D eigenvalue weighted by Gasteiger charge is -2.15. The predicted molar refractivity (Wildman–Crippen MR) is 117 cm³/mol. The molecule has 2 heterocycles. The van der Waals surface area contributed by atoms with Gasteiger partial charge in [-0.25, -0.2) is 22.8 Å². The fraction of sp³-hybridized carbons (Fsp3) is 0.0952. The van der Waals surface area contributed by atoms with Crippen LogP contribution in [0.25, 0.3) is 16.6 Å². The van der Waals surface area contributed by atoms with E-state index in [1.54, 1.807) is 6.07 Å². The Morgan fingerprint density at radius 3 is 2.55 bits per heavy atom. The van der Waals surface area contributed by atoms with Crippen molar-refractivity contribution in [1.82, 2.24) is 14.5 Å². The van der Waals surface area contributed by atoms with Gasteiger partial charge in [-0.05, 0) is 52.3 Å². The number of sulfone groups is 1. The highest BCUT2D eigenvalue weighted by atomic mass is 79.9. The minimum atomic E-state index is -3.72. The number of halogens is 2. The molecule has 2 aromatic heterocycles. The van der Waals surface area contributed by atoms with Crippen molar-refractivity contribution in [2.75, 3.05) is 7.11 Å². The maximum atomic E-state index is 14.2. The first kappa shape index (κ1) is 21.1. The summed E-state index contributed by atoms with van der Waals surface area (Å²) in [6, 6.07) is 11.4. The van der Waals surface area contributed by atoms with E-state index in [-0.39, 0.29) is 32.4 Å². The van der Waals surface area contributed by atoms with Gasteiger partial charge in [0.25, 0.3) is 5.56 Å². The smallest absolute Gasteiger partial charge is 0.255 e. The van der Waals surface area contributed by atoms with Gasteiger partial charge in [0.05, 0.1) is 27.7 Å². The highest BCUT2D eigenvalue weighted by Gasteiger charge is 2.19. The summed E-state index contributed by atoms with van der Waals surface area (Å²) in [5, 5.41) is 0.486. The van der Waals surface area contributed by atoms with Gasteiger partial charge in [0, 0.05) is 29.9 Å². The van der Waals surface area contributed by atoms with E-state index >= 15 is 0 Å². The molecule has 0 amide bonds. The number of fused-ring (bicyclic) bond motifs is 1. The second kappa shape index (κ2) is 8.20. The van der Waals surface area contributed by atoms with Gasteiger partial charge in [-0.2, -0.15) is 0 Å². The zero-order valence-corrected chi connectivity index (χ0v) is 18.5. The molecule has 158 valence electrons. The second-order valence-electron chi connectivity index (χ2n) is 6.59. The quantitative estimate of drug-likeness (QED) is 0.412. The predicted octanol–water partition coefficient (Wildman–Crippen LogP) is 3.66. The van der Waals surface area contributed by atoms with Crippen LogP contribution in [0.15, 0.2) is 75.1 Å². The van der Waals surface area contributed by atoms with Crippen molar-refractivity contribution in [2.45, 2.75) is 10.6 Å². The molecule has 0 saturated heterocycles. The van der Waals surface area contributed by atoms with Gasteiger partial charge in [-0.3, -0.25) is 9.36 Å². The van der Waals surface area contributed by atoms with E-state index in [1.165, 1.54) is 66.5 Å². The summed E-state index contributed by atoms with van der Waals surface area (Å²) in [4.78, 5) is 20.6. The van der Waals surface area contributed by atoms with Crippen LogP contribution in [0.4, 0.5) is 4.39 Å². The molecule has 0 saturated carbocycles. The first-order chi connectivity index (χ1) is 14.8. The standard InChI is InChI=1S/C21H15BrFN3O4S/c1-30-19-10-15(22)16(23)11-18(19)26-17-5-4-14(9-13(17)3-6-21(26)27)31(28,29)12-20-24-7-2-8-25-20/h2-11H,12H2,1H3. The van der Waals surface area contributed by atoms with Crippen LogP contribution in [0.2, 0.25) is 0 Å². The molecule has 0 aliphatic heterocycles. The summed E-state index contributed by atoms with van der Waals surface area (Å²) < 4.78 is 46.7. The Labute approximate surface area is 185 Å². The van der Waals surface area contributed by atoms with Crippen LogP contribution in [0, 0.1) is 5.82 Å². The number of ether oxygens (including phenoxy) is 1. The fourth-order valence-corrected chi connectivity index (χ4v) is 4.74. The lowest BCUT2D eigenvalue weighted by Crippen LogP contribution is -2.18. The highest BCUT2D eigenvalue weighted by molar-refractivity contribution is 9.10. The van der Waals surface area contributed by atoms with Crippen LogP contribution >= 0.6 is 15.9 Å². The van der Waals surface area contributed by atoms with E-state index < -0.39 is 21.2 Å². The lowest BCUT2D eigenvalue weighted by molar-refractivity contribution is 0.411. The molecule has 10 heteroatoms. The minimum Gasteiger partial charge on any atom is -0.495 e. The van der Waals surface area contributed by atoms with Crippen molar-refractivity contribution < 1.29 is 17.5 Å². The number of methoxy groups -OCH3 is 1. The van der Waals surface area contributed by atoms with Gasteiger partial charge < -0.3 is 4.74 Å². The third-order valence-electron chi connectivity index (χ3n) is 4.63. The van der Waals surface area contributed by atoms with Gasteiger partial charge in [0.2, 0.25) is 0 Å². The molecule has 0 unspecified atom stereocenters. The number of aromatic nitrogens is 3. The summed E-state index contributed by atoms with van der Waals surface area (Å²) >= 11 is 3.10. The van der Waals surface area contributed by atoms with Crippen LogP contribution in [0.5, 0.6) is 5.75 Å². The van der Waals surface area contributed by atoms with Crippen molar-refractivity contribution in [1.29, 1.82) is 0 Å². The first-order valence-electron chi connectivity index (χ1n) is 8.98. The van der Waals surface area contributed by atoms with E-state index in [2.05, 4.69) is 25.9 Å². The molecular weight excluding hydrogens is 489 g/mol. The number of hydrogen-bond donors (Lipinski definition) is 0. The van der Waals surface area contributed by atoms with Gasteiger partial charge in [-0.1, -0.05) is 0 Å². The summed E-state index contributed by atoms with van der Waals surface area (Å²) in [5.41, 5.74) is 0.190. The van der Waals surface area contributed by atoms with Crippen molar-refractivity contribution in [2.24, 2.45) is 0 Å². The first-order valence-corrected chi connectivity index (χ1v) is 11.4. The Balaban J connectivity index is 1.87. The Bertz CT molecular complexity index is 1460. The van der Waals surface area contributed by atoms with E-state index in [0.29, 0.717) is 10.9 Å². The third-order valence-corrected chi connectivity index (χ3v) is 6.84. The molecular formula is C21H15BrFN3O4S. The Hall–Kier alpha value is -3.11. The maximum Gasteiger partial charge on any atom is 0.255 e. The van der Waals surface area contributed by atoms with Crippen LogP contribution in [0.3, 0.4) is 0 Å². The second-order valence-corrected chi connectivity index (χ2v) is 9.43. The molecule has 0 aliphatic rings. The van der Waals surface area contributed by atoms with Crippen molar-refractivity contribution in [3.63, 3.8) is 0 Å². The van der Waals surface area contributed by atoms with Gasteiger partial charge in [0.15, 0.2) is 9.84 Å². The van der Waals surface area contributed by atoms with Gasteiger partial charge >= 0.3 is 0 Å². The van der Waals surface area contributed by atoms with E-state index in [1.807, 2.05) is 0 Å². The molecule has 4 rings (SSSR count). The van der Waals surface area contributed by atoms with Crippen LogP contribution in [-0.4, -0.2) is 30.1 Å². The largest absolute Gasteiger partial charge is 0.495 e. The Morgan fingerprint density at radius 1 is 1.10 bits per heavy atom. The van der Waals surface area contributed by atoms with Gasteiger partial charge in [-0.15, -0.1) is 0 Å². The van der Waals surface area contributed by atoms with Crippen LogP contribution < -0.4 is 10.3 Å². The number of hydrogen-bond acceptors (Lipinski definition) is 6. The summed E-state index contributed by atoms with van der Waals surface area (Å²) in [6.07, 6.45) is 2.95. The Morgan fingerprint density at radius 2 is 1.84 bits per heavy atom. The number of pyridine rings is 1. The summed E-state index contributed by atoms with van der Waals surface area (Å²) in [5.74, 6) is -0.463. The molecule has 2 aromatic carbocycles. The van der Waals surface area contributed by atoms with Crippen LogP contribution in [-0.2, 0) is 15.6 Å². The fourth-order valence-electron chi connectivity index (χ4n) is 3.18. The molecule has 4 aromatic rings. The summed E-state index contributed by atoms with van der Waals surface area (Å²) in [7, 11) is -2.31. The molecule has 0 spiro atoms. The molecule has 0 bridgehead atoms. The third kappa shape index (κ3) is 4.08. The van der Waals surface area contributed by atoms with E-state index in [0.717, 1.165) is 0 Å². The average Bonchev–Trinajstić information content (AvgIpc) is 2.75. The van der Waals surface area contributed by atoms with Crippen molar-refractivity contribution in [3.8, 4) is 11.4 Å². The highest BCUT2D eigenvalue weighted by Crippen LogP contribution is 2.31. The van der Waals surface area contributed by atoms with Crippen LogP contribution in [0.1, 0.15) is 5.82 Å². The SMILES string of the molecule is COc1cc(Br)c(F)cc1-n1c(=O)ccc2cc(S(=O)(=O)Cc3ncccn3)ccc21. The molecule has 0 atom stereocenters. The lowest BCUT2D eigenvalue weighted by atomic mass is 10.2. The molecule has 0 radical (unpaired) electrons. The van der Waals surface area contributed by atoms with Gasteiger partial charge in [0.1, 0.15) is 23.1 Å². The minimum absolute atomic E-state index is 0.0617. The average molecular weight is 504 g/mol. The molecule has 0 fully saturated rings. The molecule has 31 heavy (non-hydrogen) atoms.